The molecule has 26 heavy (non-hydrogen) atoms. The van der Waals surface area contributed by atoms with E-state index in [9.17, 15) is 4.57 Å². The topological polar surface area (TPSA) is 55.1 Å². The highest BCUT2D eigenvalue weighted by Crippen LogP contribution is 2.39. The lowest BCUT2D eigenvalue weighted by Crippen LogP contribution is -2.33. The Kier molecular flexibility index (Phi) is 5.43. The van der Waals surface area contributed by atoms with Crippen LogP contribution in [0.3, 0.4) is 0 Å². The van der Waals surface area contributed by atoms with Crippen molar-refractivity contribution in [1.82, 2.24) is 5.20 Å². The molecule has 3 aromatic carbocycles. The van der Waals surface area contributed by atoms with Gasteiger partial charge in [-0.1, -0.05) is 54.1 Å². The van der Waals surface area contributed by atoms with Gasteiger partial charge in [-0.3, -0.25) is 10.4 Å². The Morgan fingerprint density at radius 1 is 0.885 bits per heavy atom. The summed E-state index contributed by atoms with van der Waals surface area (Å²) in [6, 6.07) is 21.7. The summed E-state index contributed by atoms with van der Waals surface area (Å²) in [6.07, 6.45) is 0.729. The lowest BCUT2D eigenvalue weighted by molar-refractivity contribution is 0.579. The molecule has 0 aliphatic carbocycles. The maximum Gasteiger partial charge on any atom is 0.217 e. The molecule has 0 heterocycles. The Morgan fingerprint density at radius 3 is 2.08 bits per heavy atom. The number of rotatable bonds is 5. The van der Waals surface area contributed by atoms with Crippen molar-refractivity contribution in [2.24, 2.45) is 5.84 Å². The summed E-state index contributed by atoms with van der Waals surface area (Å²) in [4.78, 5) is 0. The molecule has 3 rings (SSSR count). The van der Waals surface area contributed by atoms with E-state index in [0.717, 1.165) is 17.3 Å². The predicted octanol–water partition coefficient (Wildman–Crippen LogP) is 3.89. The van der Waals surface area contributed by atoms with Crippen LogP contribution in [0, 0.1) is 20.8 Å². The molecule has 3 N–H and O–H groups in total. The van der Waals surface area contributed by atoms with Crippen LogP contribution in [0.25, 0.3) is 0 Å². The summed E-state index contributed by atoms with van der Waals surface area (Å²) < 4.78 is 13.8. The Labute approximate surface area is 155 Å². The first kappa shape index (κ1) is 18.6. The molecule has 1 unspecified atom stereocenters. The molecule has 3 aromatic rings. The SMILES string of the molecule is Cc1cc(C)c(Cc2ccccc2P(=O)(NN)c2ccccc2)c(C)c1. The van der Waals surface area contributed by atoms with Crippen LogP contribution < -0.4 is 21.6 Å². The highest BCUT2D eigenvalue weighted by molar-refractivity contribution is 7.76. The summed E-state index contributed by atoms with van der Waals surface area (Å²) in [5, 5.41) is 4.12. The molecule has 0 aromatic heterocycles. The molecule has 0 bridgehead atoms. The molecule has 0 saturated heterocycles. The molecular formula is C22H25N2OP. The van der Waals surface area contributed by atoms with Crippen molar-refractivity contribution in [3.8, 4) is 0 Å². The molecule has 0 spiro atoms. The predicted molar refractivity (Wildman–Crippen MR) is 111 cm³/mol. The Morgan fingerprint density at radius 2 is 1.46 bits per heavy atom. The smallest absolute Gasteiger partial charge is 0.217 e. The monoisotopic (exact) mass is 364 g/mol. The molecule has 4 heteroatoms. The van der Waals surface area contributed by atoms with E-state index in [1.807, 2.05) is 54.6 Å². The second kappa shape index (κ2) is 7.59. The summed E-state index contributed by atoms with van der Waals surface area (Å²) in [5.74, 6) is 5.80. The number of benzene rings is 3. The molecule has 0 aliphatic rings. The van der Waals surface area contributed by atoms with Gasteiger partial charge < -0.3 is 0 Å². The van der Waals surface area contributed by atoms with E-state index in [-0.39, 0.29) is 0 Å². The Bertz CT molecular complexity index is 944. The first-order valence-corrected chi connectivity index (χ1v) is 10.4. The zero-order chi connectivity index (χ0) is 18.7. The summed E-state index contributed by atoms with van der Waals surface area (Å²) in [7, 11) is -3.09. The highest BCUT2D eigenvalue weighted by Gasteiger charge is 2.28. The minimum absolute atomic E-state index is 0.715. The third kappa shape index (κ3) is 3.52. The van der Waals surface area contributed by atoms with Crippen LogP contribution in [0.4, 0.5) is 0 Å². The number of nitrogens with one attached hydrogen (secondary N) is 1. The highest BCUT2D eigenvalue weighted by atomic mass is 31.2. The molecule has 0 aliphatic heterocycles. The average molecular weight is 364 g/mol. The van der Waals surface area contributed by atoms with E-state index < -0.39 is 7.29 Å². The van der Waals surface area contributed by atoms with Gasteiger partial charge in [-0.2, -0.15) is 5.20 Å². The van der Waals surface area contributed by atoms with Gasteiger partial charge in [-0.25, -0.2) is 0 Å². The van der Waals surface area contributed by atoms with Crippen molar-refractivity contribution in [2.75, 3.05) is 0 Å². The lowest BCUT2D eigenvalue weighted by atomic mass is 9.94. The number of hydrazine groups is 1. The van der Waals surface area contributed by atoms with Gasteiger partial charge in [-0.15, -0.1) is 0 Å². The maximum absolute atomic E-state index is 13.8. The zero-order valence-corrected chi connectivity index (χ0v) is 16.4. The van der Waals surface area contributed by atoms with E-state index in [1.165, 1.54) is 22.3 Å². The van der Waals surface area contributed by atoms with Crippen molar-refractivity contribution in [2.45, 2.75) is 27.2 Å². The lowest BCUT2D eigenvalue weighted by Gasteiger charge is -2.22. The molecule has 0 amide bonds. The van der Waals surface area contributed by atoms with Crippen molar-refractivity contribution >= 4 is 17.9 Å². The third-order valence-corrected chi connectivity index (χ3v) is 7.34. The normalized spacial score (nSPS) is 13.4. The minimum Gasteiger partial charge on any atom is -0.295 e. The van der Waals surface area contributed by atoms with Gasteiger partial charge in [0, 0.05) is 10.6 Å². The quantitative estimate of drug-likeness (QED) is 0.410. The van der Waals surface area contributed by atoms with Gasteiger partial charge in [0.2, 0.25) is 7.29 Å². The molecule has 1 atom stereocenters. The van der Waals surface area contributed by atoms with Gasteiger partial charge in [0.25, 0.3) is 0 Å². The standard InChI is InChI=1S/C22H25N2OP/c1-16-13-17(2)21(18(3)14-16)15-19-9-7-8-12-22(19)26(25,24-23)20-10-5-4-6-11-20/h4-14H,15,23H2,1-3H3,(H,24,25). The fourth-order valence-electron chi connectivity index (χ4n) is 3.57. The van der Waals surface area contributed by atoms with Gasteiger partial charge in [0.1, 0.15) is 0 Å². The third-order valence-electron chi connectivity index (χ3n) is 4.84. The number of hydrogen-bond acceptors (Lipinski definition) is 2. The Balaban J connectivity index is 2.11. The minimum atomic E-state index is -3.09. The molecular weight excluding hydrogens is 339 g/mol. The molecule has 134 valence electrons. The molecule has 0 radical (unpaired) electrons. The first-order chi connectivity index (χ1) is 12.5. The maximum atomic E-state index is 13.8. The molecule has 0 saturated carbocycles. The van der Waals surface area contributed by atoms with Crippen molar-refractivity contribution in [1.29, 1.82) is 0 Å². The number of nitrogens with two attached hydrogens (primary N) is 1. The van der Waals surface area contributed by atoms with E-state index in [1.54, 1.807) is 0 Å². The first-order valence-electron chi connectivity index (χ1n) is 8.74. The van der Waals surface area contributed by atoms with E-state index in [2.05, 4.69) is 38.1 Å². The van der Waals surface area contributed by atoms with Crippen molar-refractivity contribution < 1.29 is 4.57 Å². The Hall–Kier alpha value is -2.19. The second-order valence-corrected chi connectivity index (χ2v) is 9.23. The van der Waals surface area contributed by atoms with Crippen LogP contribution in [-0.2, 0) is 11.0 Å². The average Bonchev–Trinajstić information content (AvgIpc) is 2.65. The summed E-state index contributed by atoms with van der Waals surface area (Å²) >= 11 is 0. The van der Waals surface area contributed by atoms with Gasteiger partial charge >= 0.3 is 0 Å². The van der Waals surface area contributed by atoms with Crippen LogP contribution in [0.5, 0.6) is 0 Å². The molecule has 0 fully saturated rings. The van der Waals surface area contributed by atoms with Crippen LogP contribution in [0.15, 0.2) is 66.7 Å². The number of aryl methyl sites for hydroxylation is 3. The van der Waals surface area contributed by atoms with Crippen molar-refractivity contribution in [3.63, 3.8) is 0 Å². The van der Waals surface area contributed by atoms with Gasteiger partial charge in [0.15, 0.2) is 0 Å². The van der Waals surface area contributed by atoms with Crippen LogP contribution in [0.2, 0.25) is 0 Å². The van der Waals surface area contributed by atoms with E-state index in [0.29, 0.717) is 5.30 Å². The fourth-order valence-corrected chi connectivity index (χ4v) is 5.58. The summed E-state index contributed by atoms with van der Waals surface area (Å²) in [6.45, 7) is 6.38. The second-order valence-electron chi connectivity index (χ2n) is 6.76. The van der Waals surface area contributed by atoms with Crippen molar-refractivity contribution in [3.05, 3.63) is 94.5 Å². The number of hydrogen-bond donors (Lipinski definition) is 2. The van der Waals surface area contributed by atoms with Crippen LogP contribution in [-0.4, -0.2) is 0 Å². The van der Waals surface area contributed by atoms with Crippen LogP contribution in [0.1, 0.15) is 27.8 Å². The zero-order valence-electron chi connectivity index (χ0n) is 15.5. The summed E-state index contributed by atoms with van der Waals surface area (Å²) in [5.41, 5.74) is 6.09. The molecule has 3 nitrogen and oxygen atoms in total. The van der Waals surface area contributed by atoms with Crippen LogP contribution >= 0.6 is 7.29 Å². The van der Waals surface area contributed by atoms with Gasteiger partial charge in [-0.05, 0) is 67.6 Å². The van der Waals surface area contributed by atoms with E-state index >= 15 is 0 Å². The van der Waals surface area contributed by atoms with E-state index in [4.69, 9.17) is 5.84 Å². The largest absolute Gasteiger partial charge is 0.295 e. The van der Waals surface area contributed by atoms with Gasteiger partial charge in [0.05, 0.1) is 0 Å². The fraction of sp³-hybridized carbons (Fsp3) is 0.182.